The van der Waals surface area contributed by atoms with Crippen LogP contribution in [0, 0.1) is 3.83 Å². The first kappa shape index (κ1) is 11.4. The Labute approximate surface area is 104 Å². The van der Waals surface area contributed by atoms with Gasteiger partial charge < -0.3 is 4.98 Å². The molecule has 0 atom stereocenters. The molecule has 0 fully saturated rings. The molecular formula is C9H11IN4O2. The Bertz CT molecular complexity index is 652. The number of nitrogens with zero attached hydrogens (tertiary/aromatic N) is 3. The van der Waals surface area contributed by atoms with Crippen LogP contribution in [-0.4, -0.2) is 19.1 Å². The summed E-state index contributed by atoms with van der Waals surface area (Å²) in [6.45, 7) is 4.49. The van der Waals surface area contributed by atoms with Gasteiger partial charge in [0.1, 0.15) is 0 Å². The lowest BCUT2D eigenvalue weighted by atomic mass is 10.5. The molecule has 7 heteroatoms. The van der Waals surface area contributed by atoms with Crippen LogP contribution < -0.4 is 11.2 Å². The van der Waals surface area contributed by atoms with Crippen LogP contribution in [0.1, 0.15) is 13.8 Å². The Kier molecular flexibility index (Phi) is 2.87. The molecule has 0 unspecified atom stereocenters. The minimum absolute atomic E-state index is 0.301. The first-order valence-electron chi connectivity index (χ1n) is 4.99. The Hall–Kier alpha value is -1.12. The maximum atomic E-state index is 11.9. The van der Waals surface area contributed by atoms with E-state index in [0.29, 0.717) is 28.1 Å². The molecule has 0 spiro atoms. The van der Waals surface area contributed by atoms with Crippen LogP contribution in [-0.2, 0) is 13.1 Å². The average molecular weight is 334 g/mol. The van der Waals surface area contributed by atoms with E-state index in [2.05, 4.69) is 9.97 Å². The number of halogens is 1. The van der Waals surface area contributed by atoms with Gasteiger partial charge in [-0.1, -0.05) is 0 Å². The van der Waals surface area contributed by atoms with Crippen LogP contribution in [0.15, 0.2) is 9.59 Å². The summed E-state index contributed by atoms with van der Waals surface area (Å²) < 4.78 is 3.32. The van der Waals surface area contributed by atoms with E-state index in [4.69, 9.17) is 0 Å². The summed E-state index contributed by atoms with van der Waals surface area (Å²) in [6, 6.07) is 0. The van der Waals surface area contributed by atoms with Crippen molar-refractivity contribution in [2.75, 3.05) is 0 Å². The summed E-state index contributed by atoms with van der Waals surface area (Å²) in [4.78, 5) is 30.9. The second kappa shape index (κ2) is 4.04. The summed E-state index contributed by atoms with van der Waals surface area (Å²) in [6.07, 6.45) is 0. The molecule has 0 aliphatic heterocycles. The molecule has 0 saturated carbocycles. The molecule has 0 aliphatic carbocycles. The fourth-order valence-corrected chi connectivity index (χ4v) is 2.20. The third kappa shape index (κ3) is 1.49. The lowest BCUT2D eigenvalue weighted by molar-refractivity contribution is 0.605. The standard InChI is InChI=1S/C9H11IN4O2/c1-3-13-6-5(11-8(10)12-6)7(15)14(4-2)9(13)16/h3-4H2,1-2H3,(H,11,12). The molecule has 0 aliphatic rings. The highest BCUT2D eigenvalue weighted by atomic mass is 127. The number of hydrogen-bond donors (Lipinski definition) is 1. The average Bonchev–Trinajstić information content (AvgIpc) is 2.62. The molecular weight excluding hydrogens is 323 g/mol. The zero-order valence-electron chi connectivity index (χ0n) is 8.95. The molecule has 1 N–H and O–H groups in total. The maximum absolute atomic E-state index is 11.9. The SMILES string of the molecule is CCn1c(=O)c2[nH]c(I)nc2n(CC)c1=O. The molecule has 2 aromatic rings. The van der Waals surface area contributed by atoms with Crippen LogP contribution >= 0.6 is 22.6 Å². The Morgan fingerprint density at radius 1 is 1.25 bits per heavy atom. The number of hydrogen-bond acceptors (Lipinski definition) is 3. The highest BCUT2D eigenvalue weighted by Gasteiger charge is 2.14. The summed E-state index contributed by atoms with van der Waals surface area (Å²) in [5.74, 6) is 0. The number of fused-ring (bicyclic) bond motifs is 1. The second-order valence-electron chi connectivity index (χ2n) is 3.30. The predicted octanol–water partition coefficient (Wildman–Crippen LogP) is 0.531. The van der Waals surface area contributed by atoms with Crippen molar-refractivity contribution in [1.82, 2.24) is 19.1 Å². The normalized spacial score (nSPS) is 11.2. The Morgan fingerprint density at radius 3 is 2.44 bits per heavy atom. The molecule has 86 valence electrons. The van der Waals surface area contributed by atoms with Gasteiger partial charge in [0.2, 0.25) is 0 Å². The monoisotopic (exact) mass is 334 g/mol. The largest absolute Gasteiger partial charge is 0.332 e. The second-order valence-corrected chi connectivity index (χ2v) is 4.32. The molecule has 0 aromatic carbocycles. The third-order valence-electron chi connectivity index (χ3n) is 2.46. The number of imidazole rings is 1. The van der Waals surface area contributed by atoms with Gasteiger partial charge in [-0.2, -0.15) is 0 Å². The van der Waals surface area contributed by atoms with E-state index in [1.807, 2.05) is 29.5 Å². The van der Waals surface area contributed by atoms with Crippen molar-refractivity contribution in [1.29, 1.82) is 0 Å². The van der Waals surface area contributed by atoms with E-state index in [1.54, 1.807) is 6.92 Å². The van der Waals surface area contributed by atoms with Crippen molar-refractivity contribution in [3.05, 3.63) is 24.7 Å². The van der Waals surface area contributed by atoms with Gasteiger partial charge in [0, 0.05) is 13.1 Å². The first-order valence-corrected chi connectivity index (χ1v) is 6.06. The Balaban J connectivity index is 3.05. The summed E-state index contributed by atoms with van der Waals surface area (Å²) in [7, 11) is 0. The van der Waals surface area contributed by atoms with Crippen molar-refractivity contribution >= 4 is 33.8 Å². The third-order valence-corrected chi connectivity index (χ3v) is 2.98. The molecule has 0 saturated heterocycles. The number of rotatable bonds is 2. The number of aromatic nitrogens is 4. The molecule has 2 rings (SSSR count). The topological polar surface area (TPSA) is 72.7 Å². The van der Waals surface area contributed by atoms with Crippen LogP contribution in [0.5, 0.6) is 0 Å². The van der Waals surface area contributed by atoms with E-state index >= 15 is 0 Å². The van der Waals surface area contributed by atoms with Crippen molar-refractivity contribution in [3.63, 3.8) is 0 Å². The summed E-state index contributed by atoms with van der Waals surface area (Å²) in [5, 5.41) is 0. The van der Waals surface area contributed by atoms with Crippen LogP contribution in [0.25, 0.3) is 11.2 Å². The van der Waals surface area contributed by atoms with Gasteiger partial charge in [0.25, 0.3) is 5.56 Å². The van der Waals surface area contributed by atoms with E-state index in [9.17, 15) is 9.59 Å². The number of aromatic amines is 1. The van der Waals surface area contributed by atoms with Gasteiger partial charge in [-0.25, -0.2) is 9.78 Å². The van der Waals surface area contributed by atoms with E-state index in [0.717, 1.165) is 0 Å². The van der Waals surface area contributed by atoms with Gasteiger partial charge in [-0.05, 0) is 36.4 Å². The van der Waals surface area contributed by atoms with E-state index in [-0.39, 0.29) is 11.2 Å². The van der Waals surface area contributed by atoms with Gasteiger partial charge in [0.05, 0.1) is 0 Å². The fraction of sp³-hybridized carbons (Fsp3) is 0.444. The van der Waals surface area contributed by atoms with Crippen molar-refractivity contribution in [2.24, 2.45) is 0 Å². The zero-order valence-corrected chi connectivity index (χ0v) is 11.1. The molecule has 0 amide bonds. The van der Waals surface area contributed by atoms with E-state index in [1.165, 1.54) is 9.13 Å². The fourth-order valence-electron chi connectivity index (χ4n) is 1.70. The molecule has 2 heterocycles. The zero-order chi connectivity index (χ0) is 11.9. The van der Waals surface area contributed by atoms with Crippen LogP contribution in [0.3, 0.4) is 0 Å². The number of aryl methyl sites for hydroxylation is 1. The summed E-state index contributed by atoms with van der Waals surface area (Å²) in [5.41, 5.74) is 0.229. The van der Waals surface area contributed by atoms with Crippen LogP contribution in [0.4, 0.5) is 0 Å². The first-order chi connectivity index (χ1) is 7.60. The van der Waals surface area contributed by atoms with Gasteiger partial charge in [-0.15, -0.1) is 0 Å². The quantitative estimate of drug-likeness (QED) is 0.643. The predicted molar refractivity (Wildman–Crippen MR) is 68.7 cm³/mol. The molecule has 6 nitrogen and oxygen atoms in total. The van der Waals surface area contributed by atoms with Crippen LogP contribution in [0.2, 0.25) is 0 Å². The van der Waals surface area contributed by atoms with Gasteiger partial charge in [0.15, 0.2) is 15.0 Å². The van der Waals surface area contributed by atoms with Crippen molar-refractivity contribution in [3.8, 4) is 0 Å². The lowest BCUT2D eigenvalue weighted by Crippen LogP contribution is -2.39. The molecule has 0 bridgehead atoms. The molecule has 0 radical (unpaired) electrons. The smallest absolute Gasteiger partial charge is 0.327 e. The van der Waals surface area contributed by atoms with Gasteiger partial charge in [-0.3, -0.25) is 13.9 Å². The highest BCUT2D eigenvalue weighted by Crippen LogP contribution is 2.06. The van der Waals surface area contributed by atoms with Crippen molar-refractivity contribution in [2.45, 2.75) is 26.9 Å². The number of nitrogens with one attached hydrogen (secondary N) is 1. The molecule has 16 heavy (non-hydrogen) atoms. The lowest BCUT2D eigenvalue weighted by Gasteiger charge is -2.06. The maximum Gasteiger partial charge on any atom is 0.332 e. The minimum atomic E-state index is -0.303. The van der Waals surface area contributed by atoms with E-state index < -0.39 is 0 Å². The minimum Gasteiger partial charge on any atom is -0.327 e. The Morgan fingerprint density at radius 2 is 1.88 bits per heavy atom. The van der Waals surface area contributed by atoms with Crippen molar-refractivity contribution < 1.29 is 0 Å². The highest BCUT2D eigenvalue weighted by molar-refractivity contribution is 14.1. The molecule has 2 aromatic heterocycles. The summed E-state index contributed by atoms with van der Waals surface area (Å²) >= 11 is 1.99. The van der Waals surface area contributed by atoms with Gasteiger partial charge >= 0.3 is 5.69 Å². The number of H-pyrrole nitrogens is 1.